The third-order valence-corrected chi connectivity index (χ3v) is 5.68. The monoisotopic (exact) mass is 501 g/mol. The number of para-hydroxylation sites is 1. The molecule has 0 spiro atoms. The van der Waals surface area contributed by atoms with E-state index in [2.05, 4.69) is 25.7 Å². The van der Waals surface area contributed by atoms with Gasteiger partial charge in [0.1, 0.15) is 11.3 Å². The summed E-state index contributed by atoms with van der Waals surface area (Å²) >= 11 is 0. The van der Waals surface area contributed by atoms with Gasteiger partial charge in [-0.2, -0.15) is 23.4 Å². The lowest BCUT2D eigenvalue weighted by molar-refractivity contribution is -0.138. The Kier molecular flexibility index (Phi) is 7.37. The Balaban J connectivity index is 1.50. The lowest BCUT2D eigenvalue weighted by Crippen LogP contribution is -2.26. The molecular formula is C25H23F4N5O2. The molecule has 2 aromatic heterocycles. The molecule has 188 valence electrons. The van der Waals surface area contributed by atoms with Gasteiger partial charge in [0.25, 0.3) is 5.91 Å². The van der Waals surface area contributed by atoms with Crippen LogP contribution in [0.2, 0.25) is 0 Å². The van der Waals surface area contributed by atoms with Crippen molar-refractivity contribution in [3.63, 3.8) is 0 Å². The molecule has 1 amide bonds. The SMILES string of the molecule is Cc1cn[nH]c1Cc1ccc(Cc2[nH]nc(C(=O)NCc3ccccc3OCF)c2C(F)(F)F)cc1. The van der Waals surface area contributed by atoms with Crippen molar-refractivity contribution in [2.45, 2.75) is 32.5 Å². The van der Waals surface area contributed by atoms with Crippen LogP contribution in [0.3, 0.4) is 0 Å². The number of carbonyl (C=O) groups is 1. The number of aryl methyl sites for hydroxylation is 1. The summed E-state index contributed by atoms with van der Waals surface area (Å²) in [6.45, 7) is 0.704. The molecular weight excluding hydrogens is 478 g/mol. The van der Waals surface area contributed by atoms with Crippen LogP contribution in [-0.4, -0.2) is 33.2 Å². The van der Waals surface area contributed by atoms with Crippen LogP contribution in [0.25, 0.3) is 0 Å². The van der Waals surface area contributed by atoms with Gasteiger partial charge in [0.15, 0.2) is 5.69 Å². The third-order valence-electron chi connectivity index (χ3n) is 5.68. The van der Waals surface area contributed by atoms with E-state index in [1.165, 1.54) is 6.07 Å². The number of benzene rings is 2. The predicted octanol–water partition coefficient (Wildman–Crippen LogP) is 4.88. The Morgan fingerprint density at radius 1 is 1.00 bits per heavy atom. The summed E-state index contributed by atoms with van der Waals surface area (Å²) in [5, 5.41) is 15.4. The van der Waals surface area contributed by atoms with Gasteiger partial charge in [0.05, 0.1) is 11.9 Å². The molecule has 0 aliphatic carbocycles. The Labute approximate surface area is 203 Å². The van der Waals surface area contributed by atoms with E-state index in [1.54, 1.807) is 36.5 Å². The van der Waals surface area contributed by atoms with Crippen molar-refractivity contribution in [2.24, 2.45) is 0 Å². The highest BCUT2D eigenvalue weighted by atomic mass is 19.4. The topological polar surface area (TPSA) is 95.7 Å². The van der Waals surface area contributed by atoms with Crippen LogP contribution in [0.4, 0.5) is 17.6 Å². The smallest absolute Gasteiger partial charge is 0.420 e. The van der Waals surface area contributed by atoms with Crippen LogP contribution in [0.5, 0.6) is 5.75 Å². The van der Waals surface area contributed by atoms with E-state index in [1.807, 2.05) is 19.1 Å². The molecule has 4 rings (SSSR count). The van der Waals surface area contributed by atoms with Gasteiger partial charge in [-0.25, -0.2) is 4.39 Å². The summed E-state index contributed by atoms with van der Waals surface area (Å²) in [5.74, 6) is -0.824. The van der Waals surface area contributed by atoms with Crippen molar-refractivity contribution in [1.29, 1.82) is 0 Å². The number of nitrogens with zero attached hydrogens (tertiary/aromatic N) is 2. The number of H-pyrrole nitrogens is 2. The van der Waals surface area contributed by atoms with Crippen LogP contribution in [0, 0.1) is 6.92 Å². The van der Waals surface area contributed by atoms with Crippen molar-refractivity contribution in [3.05, 3.63) is 99.6 Å². The van der Waals surface area contributed by atoms with Crippen molar-refractivity contribution < 1.29 is 27.1 Å². The number of nitrogens with one attached hydrogen (secondary N) is 3. The first-order valence-electron chi connectivity index (χ1n) is 11.0. The maximum atomic E-state index is 13.9. The van der Waals surface area contributed by atoms with Gasteiger partial charge < -0.3 is 10.1 Å². The number of ether oxygens (including phenoxy) is 1. The summed E-state index contributed by atoms with van der Waals surface area (Å²) in [6, 6.07) is 13.5. The molecule has 36 heavy (non-hydrogen) atoms. The number of carbonyl (C=O) groups excluding carboxylic acids is 1. The predicted molar refractivity (Wildman–Crippen MR) is 123 cm³/mol. The molecule has 11 heteroatoms. The van der Waals surface area contributed by atoms with E-state index in [9.17, 15) is 22.4 Å². The second-order valence-corrected chi connectivity index (χ2v) is 8.17. The molecule has 2 heterocycles. The van der Waals surface area contributed by atoms with Crippen molar-refractivity contribution in [2.75, 3.05) is 6.86 Å². The molecule has 0 aliphatic rings. The quantitative estimate of drug-likeness (QED) is 0.285. The van der Waals surface area contributed by atoms with Gasteiger partial charge >= 0.3 is 6.18 Å². The van der Waals surface area contributed by atoms with E-state index < -0.39 is 30.2 Å². The molecule has 3 N–H and O–H groups in total. The van der Waals surface area contributed by atoms with Crippen LogP contribution < -0.4 is 10.1 Å². The fourth-order valence-electron chi connectivity index (χ4n) is 3.82. The van der Waals surface area contributed by atoms with E-state index in [0.717, 1.165) is 16.8 Å². The van der Waals surface area contributed by atoms with E-state index in [0.29, 0.717) is 17.5 Å². The summed E-state index contributed by atoms with van der Waals surface area (Å²) in [4.78, 5) is 12.6. The Morgan fingerprint density at radius 3 is 2.28 bits per heavy atom. The number of halogens is 4. The molecule has 0 unspecified atom stereocenters. The number of rotatable bonds is 9. The lowest BCUT2D eigenvalue weighted by atomic mass is 10.0. The Morgan fingerprint density at radius 2 is 1.67 bits per heavy atom. The fraction of sp³-hybridized carbons (Fsp3) is 0.240. The van der Waals surface area contributed by atoms with E-state index in [4.69, 9.17) is 4.74 Å². The number of amides is 1. The Hall–Kier alpha value is -4.15. The number of hydrogen-bond acceptors (Lipinski definition) is 4. The first kappa shape index (κ1) is 25.0. The second kappa shape index (κ2) is 10.6. The zero-order valence-corrected chi connectivity index (χ0v) is 19.2. The third kappa shape index (κ3) is 5.73. The first-order chi connectivity index (χ1) is 17.3. The minimum atomic E-state index is -4.80. The fourth-order valence-corrected chi connectivity index (χ4v) is 3.82. The van der Waals surface area contributed by atoms with Gasteiger partial charge in [-0.3, -0.25) is 15.0 Å². The van der Waals surface area contributed by atoms with Gasteiger partial charge in [-0.05, 0) is 29.7 Å². The first-order valence-corrected chi connectivity index (χ1v) is 11.0. The average Bonchev–Trinajstić information content (AvgIpc) is 3.46. The second-order valence-electron chi connectivity index (χ2n) is 8.17. The molecule has 0 saturated carbocycles. The molecule has 0 aliphatic heterocycles. The highest BCUT2D eigenvalue weighted by molar-refractivity contribution is 5.94. The molecule has 4 aromatic rings. The lowest BCUT2D eigenvalue weighted by Gasteiger charge is -2.12. The maximum absolute atomic E-state index is 13.9. The van der Waals surface area contributed by atoms with Crippen LogP contribution in [-0.2, 0) is 25.6 Å². The zero-order valence-electron chi connectivity index (χ0n) is 19.2. The highest BCUT2D eigenvalue weighted by Gasteiger charge is 2.40. The van der Waals surface area contributed by atoms with E-state index >= 15 is 0 Å². The summed E-state index contributed by atoms with van der Waals surface area (Å²) in [6.07, 6.45) is -2.55. The van der Waals surface area contributed by atoms with Crippen LogP contribution in [0.1, 0.15) is 49.7 Å². The molecule has 0 bridgehead atoms. The number of alkyl halides is 4. The normalized spacial score (nSPS) is 11.5. The number of aromatic nitrogens is 4. The summed E-state index contributed by atoms with van der Waals surface area (Å²) in [7, 11) is 0. The van der Waals surface area contributed by atoms with Gasteiger partial charge in [-0.1, -0.05) is 42.5 Å². The number of hydrogen-bond donors (Lipinski definition) is 3. The van der Waals surface area contributed by atoms with E-state index in [-0.39, 0.29) is 24.4 Å². The van der Waals surface area contributed by atoms with Crippen molar-refractivity contribution in [3.8, 4) is 5.75 Å². The van der Waals surface area contributed by atoms with Crippen molar-refractivity contribution in [1.82, 2.24) is 25.7 Å². The van der Waals surface area contributed by atoms with Gasteiger partial charge in [-0.15, -0.1) is 0 Å². The van der Waals surface area contributed by atoms with Crippen molar-refractivity contribution >= 4 is 5.91 Å². The van der Waals surface area contributed by atoms with Gasteiger partial charge in [0, 0.05) is 30.6 Å². The standard InChI is InChI=1S/C25H23F4N5O2/c1-15-12-31-32-19(15)10-16-6-8-17(9-7-16)11-20-22(25(27,28)29)23(34-33-20)24(35)30-13-18-4-2-3-5-21(18)36-14-26/h2-9,12H,10-11,13-14H2,1H3,(H,30,35)(H,31,32)(H,33,34). The summed E-state index contributed by atoms with van der Waals surface area (Å²) < 4.78 is 59.2. The van der Waals surface area contributed by atoms with Crippen LogP contribution >= 0.6 is 0 Å². The number of aromatic amines is 2. The minimum Gasteiger partial charge on any atom is -0.463 e. The maximum Gasteiger partial charge on any atom is 0.420 e. The molecule has 0 saturated heterocycles. The molecule has 0 radical (unpaired) electrons. The zero-order chi connectivity index (χ0) is 25.7. The molecule has 0 fully saturated rings. The average molecular weight is 501 g/mol. The van der Waals surface area contributed by atoms with Gasteiger partial charge in [0.2, 0.25) is 6.86 Å². The highest BCUT2D eigenvalue weighted by Crippen LogP contribution is 2.35. The van der Waals surface area contributed by atoms with Crippen LogP contribution in [0.15, 0.2) is 54.7 Å². The summed E-state index contributed by atoms with van der Waals surface area (Å²) in [5.41, 5.74) is 1.91. The minimum absolute atomic E-state index is 0.0916. The largest absolute Gasteiger partial charge is 0.463 e. The molecule has 7 nitrogen and oxygen atoms in total. The molecule has 0 atom stereocenters. The Bertz CT molecular complexity index is 1330. The molecule has 2 aromatic carbocycles.